The Bertz CT molecular complexity index is 1220. The molecule has 0 aromatic heterocycles. The average Bonchev–Trinajstić information content (AvgIpc) is 3.14. The summed E-state index contributed by atoms with van der Waals surface area (Å²) in [5.74, 6) is 0.843. The second-order valence-corrected chi connectivity index (χ2v) is 10.5. The molecule has 0 saturated carbocycles. The molecule has 0 aliphatic carbocycles. The van der Waals surface area contributed by atoms with Crippen LogP contribution in [0.15, 0.2) is 59.7 Å². The summed E-state index contributed by atoms with van der Waals surface area (Å²) in [7, 11) is 0. The molecule has 2 N–H and O–H groups in total. The first-order valence-corrected chi connectivity index (χ1v) is 12.8. The van der Waals surface area contributed by atoms with E-state index in [0.29, 0.717) is 36.4 Å². The van der Waals surface area contributed by atoms with Gasteiger partial charge in [0, 0.05) is 12.1 Å². The van der Waals surface area contributed by atoms with Gasteiger partial charge in [-0.15, -0.1) is 0 Å². The van der Waals surface area contributed by atoms with Crippen molar-refractivity contribution in [3.05, 3.63) is 82.0 Å². The number of benzene rings is 2. The second kappa shape index (κ2) is 10.7. The number of amides is 1. The zero-order chi connectivity index (χ0) is 25.9. The predicted octanol–water partition coefficient (Wildman–Crippen LogP) is 6.93. The van der Waals surface area contributed by atoms with Crippen LogP contribution in [0.5, 0.6) is 17.2 Å². The number of nitrogens with zero attached hydrogens (tertiary/aromatic N) is 1. The number of rotatable bonds is 9. The molecule has 0 bridgehead atoms. The highest BCUT2D eigenvalue weighted by Gasteiger charge is 2.36. The summed E-state index contributed by atoms with van der Waals surface area (Å²) in [4.78, 5) is 14.9. The molecule has 5 heteroatoms. The van der Waals surface area contributed by atoms with E-state index in [1.807, 2.05) is 24.3 Å². The monoisotopic (exact) mass is 487 g/mol. The van der Waals surface area contributed by atoms with Crippen LogP contribution in [0.1, 0.15) is 80.4 Å². The quantitative estimate of drug-likeness (QED) is 0.376. The summed E-state index contributed by atoms with van der Waals surface area (Å²) >= 11 is 0. The molecule has 1 atom stereocenters. The van der Waals surface area contributed by atoms with Crippen LogP contribution in [0.4, 0.5) is 0 Å². The normalized spacial score (nSPS) is 18.6. The number of phenols is 2. The Hall–Kier alpha value is -3.47. The number of hydrogen-bond acceptors (Lipinski definition) is 4. The lowest BCUT2D eigenvalue weighted by Gasteiger charge is -2.33. The van der Waals surface area contributed by atoms with Crippen LogP contribution >= 0.6 is 0 Å². The van der Waals surface area contributed by atoms with Crippen molar-refractivity contribution in [1.82, 2.24) is 4.90 Å². The van der Waals surface area contributed by atoms with Crippen molar-refractivity contribution >= 4 is 12.0 Å². The van der Waals surface area contributed by atoms with E-state index in [1.165, 1.54) is 11.1 Å². The smallest absolute Gasteiger partial charge is 0.254 e. The lowest BCUT2D eigenvalue weighted by atomic mass is 9.92. The topological polar surface area (TPSA) is 70.0 Å². The number of hydrogen-bond donors (Lipinski definition) is 2. The fourth-order valence-corrected chi connectivity index (χ4v) is 4.83. The number of phenolic OH excluding ortho intramolecular Hbond substituents is 2. The molecular weight excluding hydrogens is 450 g/mol. The number of fused-ring (bicyclic) bond motifs is 3. The van der Waals surface area contributed by atoms with Gasteiger partial charge in [0.25, 0.3) is 5.91 Å². The van der Waals surface area contributed by atoms with Crippen LogP contribution in [0, 0.1) is 0 Å². The molecule has 2 aliphatic heterocycles. The third kappa shape index (κ3) is 5.84. The Morgan fingerprint density at radius 1 is 1.11 bits per heavy atom. The first-order chi connectivity index (χ1) is 17.1. The second-order valence-electron chi connectivity index (χ2n) is 10.5. The number of aromatic hydroxyl groups is 2. The van der Waals surface area contributed by atoms with Gasteiger partial charge in [-0.1, -0.05) is 35.4 Å². The van der Waals surface area contributed by atoms with Crippen LogP contribution in [-0.2, 0) is 13.0 Å². The molecule has 1 amide bonds. The summed E-state index contributed by atoms with van der Waals surface area (Å²) in [5, 5.41) is 20.2. The maximum absolute atomic E-state index is 13.1. The maximum Gasteiger partial charge on any atom is 0.254 e. The van der Waals surface area contributed by atoms with Crippen LogP contribution in [-0.4, -0.2) is 33.2 Å². The summed E-state index contributed by atoms with van der Waals surface area (Å²) in [6, 6.07) is 8.63. The highest BCUT2D eigenvalue weighted by molar-refractivity contribution is 6.00. The minimum Gasteiger partial charge on any atom is -0.508 e. The van der Waals surface area contributed by atoms with E-state index in [4.69, 9.17) is 4.74 Å². The zero-order valence-electron chi connectivity index (χ0n) is 21.8. The SMILES string of the molecule is CC(C)=CCC/C(C)=C/CC[C@@]1(C)C=Cc2c(O)cc3c(c2O1)CN(CCc1ccc(O)cc1)C3=O. The van der Waals surface area contributed by atoms with Gasteiger partial charge in [0.1, 0.15) is 22.8 Å². The van der Waals surface area contributed by atoms with Crippen LogP contribution in [0.25, 0.3) is 6.08 Å². The van der Waals surface area contributed by atoms with Crippen LogP contribution in [0.3, 0.4) is 0 Å². The van der Waals surface area contributed by atoms with Crippen molar-refractivity contribution in [2.45, 2.75) is 71.9 Å². The summed E-state index contributed by atoms with van der Waals surface area (Å²) in [6.45, 7) is 9.51. The maximum atomic E-state index is 13.1. The fraction of sp³-hybridized carbons (Fsp3) is 0.387. The van der Waals surface area contributed by atoms with Crippen molar-refractivity contribution in [2.24, 2.45) is 0 Å². The largest absolute Gasteiger partial charge is 0.508 e. The standard InChI is InChI=1S/C31H37NO4/c1-21(2)7-5-8-22(3)9-6-16-31(4)17-14-25-28(34)19-26-27(29(25)36-31)20-32(30(26)35)18-15-23-10-12-24(33)13-11-23/h7,9-14,17,19,33-34H,5-6,8,15-16,18,20H2,1-4H3/b22-9+/t31-/m0/s1. The zero-order valence-corrected chi connectivity index (χ0v) is 21.8. The Kier molecular flexibility index (Phi) is 7.58. The van der Waals surface area contributed by atoms with Gasteiger partial charge in [-0.05, 0) is 95.7 Å². The van der Waals surface area contributed by atoms with Gasteiger partial charge in [0.2, 0.25) is 0 Å². The molecule has 2 aliphatic rings. The minimum absolute atomic E-state index is 0.0748. The van der Waals surface area contributed by atoms with Gasteiger partial charge >= 0.3 is 0 Å². The van der Waals surface area contributed by atoms with Gasteiger partial charge in [0.05, 0.1) is 17.7 Å². The van der Waals surface area contributed by atoms with Crippen molar-refractivity contribution in [3.8, 4) is 17.2 Å². The van der Waals surface area contributed by atoms with E-state index in [0.717, 1.165) is 36.8 Å². The molecule has 190 valence electrons. The Labute approximate surface area is 214 Å². The van der Waals surface area contributed by atoms with Crippen molar-refractivity contribution in [1.29, 1.82) is 0 Å². The number of carbonyl (C=O) groups excluding carboxylic acids is 1. The van der Waals surface area contributed by atoms with E-state index in [1.54, 1.807) is 23.1 Å². The molecule has 0 saturated heterocycles. The van der Waals surface area contributed by atoms with Gasteiger partial charge in [-0.25, -0.2) is 0 Å². The van der Waals surface area contributed by atoms with Crippen LogP contribution in [0.2, 0.25) is 0 Å². The third-order valence-corrected chi connectivity index (χ3v) is 7.04. The van der Waals surface area contributed by atoms with Gasteiger partial charge in [-0.3, -0.25) is 4.79 Å². The average molecular weight is 488 g/mol. The van der Waals surface area contributed by atoms with E-state index >= 15 is 0 Å². The van der Waals surface area contributed by atoms with Gasteiger partial charge < -0.3 is 19.8 Å². The summed E-state index contributed by atoms with van der Waals surface area (Å²) < 4.78 is 6.52. The number of ether oxygens (including phenoxy) is 1. The van der Waals surface area contributed by atoms with E-state index in [-0.39, 0.29) is 17.4 Å². The predicted molar refractivity (Wildman–Crippen MR) is 144 cm³/mol. The summed E-state index contributed by atoms with van der Waals surface area (Å²) in [6.07, 6.45) is 13.0. The van der Waals surface area contributed by atoms with E-state index < -0.39 is 5.60 Å². The molecule has 2 aromatic carbocycles. The molecule has 0 fully saturated rings. The molecule has 0 spiro atoms. The highest BCUT2D eigenvalue weighted by atomic mass is 16.5. The molecule has 4 rings (SSSR count). The Morgan fingerprint density at radius 3 is 2.58 bits per heavy atom. The number of allylic oxidation sites excluding steroid dienone is 4. The Morgan fingerprint density at radius 2 is 1.86 bits per heavy atom. The third-order valence-electron chi connectivity index (χ3n) is 7.04. The van der Waals surface area contributed by atoms with Crippen molar-refractivity contribution < 1.29 is 19.7 Å². The summed E-state index contributed by atoms with van der Waals surface area (Å²) in [5.41, 5.74) is 5.29. The molecule has 0 unspecified atom stereocenters. The van der Waals surface area contributed by atoms with Gasteiger partial charge in [0.15, 0.2) is 0 Å². The molecule has 0 radical (unpaired) electrons. The Balaban J connectivity index is 1.45. The molecular formula is C31H37NO4. The fourth-order valence-electron chi connectivity index (χ4n) is 4.83. The molecule has 36 heavy (non-hydrogen) atoms. The van der Waals surface area contributed by atoms with Crippen LogP contribution < -0.4 is 4.74 Å². The molecule has 2 aromatic rings. The first-order valence-electron chi connectivity index (χ1n) is 12.8. The van der Waals surface area contributed by atoms with E-state index in [2.05, 4.69) is 39.8 Å². The number of carbonyl (C=O) groups is 1. The lowest BCUT2D eigenvalue weighted by molar-refractivity contribution is 0.0779. The highest BCUT2D eigenvalue weighted by Crippen LogP contribution is 2.45. The van der Waals surface area contributed by atoms with Crippen molar-refractivity contribution in [3.63, 3.8) is 0 Å². The molecule has 5 nitrogen and oxygen atoms in total. The molecule has 2 heterocycles. The van der Waals surface area contributed by atoms with Crippen molar-refractivity contribution in [2.75, 3.05) is 6.54 Å². The minimum atomic E-state index is -0.506. The first kappa shape index (κ1) is 25.6. The van der Waals surface area contributed by atoms with E-state index in [9.17, 15) is 15.0 Å². The van der Waals surface area contributed by atoms with Gasteiger partial charge in [-0.2, -0.15) is 0 Å². The lowest BCUT2D eigenvalue weighted by Crippen LogP contribution is -2.32.